The lowest BCUT2D eigenvalue weighted by Gasteiger charge is -2.14. The molecule has 3 aromatic heterocycles. The molecule has 1 aliphatic carbocycles. The van der Waals surface area contributed by atoms with Gasteiger partial charge in [0.05, 0.1) is 40.2 Å². The number of benzene rings is 1. The van der Waals surface area contributed by atoms with Crippen LogP contribution in [0.2, 0.25) is 0 Å². The predicted molar refractivity (Wildman–Crippen MR) is 136 cm³/mol. The quantitative estimate of drug-likeness (QED) is 0.411. The monoisotopic (exact) mass is 502 g/mol. The van der Waals surface area contributed by atoms with Crippen LogP contribution in [0.15, 0.2) is 59.9 Å². The smallest absolute Gasteiger partial charge is 0.251 e. The van der Waals surface area contributed by atoms with Gasteiger partial charge in [-0.1, -0.05) is 6.07 Å². The summed E-state index contributed by atoms with van der Waals surface area (Å²) in [6, 6.07) is 10.3. The minimum atomic E-state index is -3.66. The van der Waals surface area contributed by atoms with Crippen molar-refractivity contribution < 1.29 is 13.2 Å². The van der Waals surface area contributed by atoms with E-state index in [1.165, 1.54) is 20.2 Å². The molecule has 1 aliphatic rings. The Labute approximate surface area is 209 Å². The van der Waals surface area contributed by atoms with E-state index in [1.54, 1.807) is 31.5 Å². The van der Waals surface area contributed by atoms with Crippen molar-refractivity contribution in [2.45, 2.75) is 37.1 Å². The number of nitrogens with zero attached hydrogens (tertiary/aromatic N) is 5. The minimum Gasteiger partial charge on any atom is -0.346 e. The number of pyridine rings is 2. The molecule has 0 atom stereocenters. The van der Waals surface area contributed by atoms with Crippen LogP contribution in [0.5, 0.6) is 0 Å². The van der Waals surface area contributed by atoms with Crippen LogP contribution in [-0.2, 0) is 16.6 Å². The van der Waals surface area contributed by atoms with Crippen molar-refractivity contribution in [3.63, 3.8) is 0 Å². The first-order valence-corrected chi connectivity index (χ1v) is 13.1. The second-order valence-corrected chi connectivity index (χ2v) is 11.2. The molecule has 0 aliphatic heterocycles. The molecule has 0 radical (unpaired) electrons. The van der Waals surface area contributed by atoms with Crippen LogP contribution in [0, 0.1) is 6.92 Å². The van der Waals surface area contributed by atoms with Crippen LogP contribution in [0.25, 0.3) is 22.3 Å². The van der Waals surface area contributed by atoms with E-state index in [-0.39, 0.29) is 22.9 Å². The third kappa shape index (κ3) is 4.82. The molecule has 1 N–H and O–H groups in total. The molecule has 1 aromatic carbocycles. The maximum atomic E-state index is 12.8. The van der Waals surface area contributed by atoms with Gasteiger partial charge in [0.25, 0.3) is 5.91 Å². The van der Waals surface area contributed by atoms with E-state index >= 15 is 0 Å². The molecule has 0 spiro atoms. The zero-order valence-corrected chi connectivity index (χ0v) is 21.1. The maximum Gasteiger partial charge on any atom is 0.251 e. The third-order valence-electron chi connectivity index (χ3n) is 6.18. The van der Waals surface area contributed by atoms with Gasteiger partial charge in [-0.15, -0.1) is 0 Å². The molecule has 5 rings (SSSR count). The summed E-state index contributed by atoms with van der Waals surface area (Å²) in [6.07, 6.45) is 7.56. The summed E-state index contributed by atoms with van der Waals surface area (Å²) < 4.78 is 26.3. The van der Waals surface area contributed by atoms with Crippen molar-refractivity contribution in [2.24, 2.45) is 0 Å². The zero-order chi connectivity index (χ0) is 25.4. The van der Waals surface area contributed by atoms with Gasteiger partial charge in [0.1, 0.15) is 5.69 Å². The number of hydrogen-bond donors (Lipinski definition) is 1. The van der Waals surface area contributed by atoms with Crippen LogP contribution in [0.3, 0.4) is 0 Å². The molecular weight excluding hydrogens is 476 g/mol. The molecule has 3 heterocycles. The number of nitrogens with one attached hydrogen (secondary N) is 1. The van der Waals surface area contributed by atoms with Gasteiger partial charge in [-0.05, 0) is 55.7 Å². The van der Waals surface area contributed by atoms with Crippen LogP contribution in [0.4, 0.5) is 0 Å². The summed E-state index contributed by atoms with van der Waals surface area (Å²) in [5, 5.41) is 3.69. The van der Waals surface area contributed by atoms with E-state index in [2.05, 4.69) is 15.3 Å². The number of carbonyl (C=O) groups is 1. The Bertz CT molecular complexity index is 1580. The van der Waals surface area contributed by atoms with Gasteiger partial charge in [-0.2, -0.15) is 0 Å². The molecule has 36 heavy (non-hydrogen) atoms. The molecule has 0 saturated heterocycles. The van der Waals surface area contributed by atoms with Gasteiger partial charge < -0.3 is 5.32 Å². The standard InChI is InChI=1S/C26H26N6O3S/c1-16-4-5-18(10-25(16)36(34,35)32(2)3)26(33)29-13-20-11-22-19(12-28-20)8-9-21(30-22)24-15-27-14-23(31-24)17-6-7-17/h4-5,8-12,14-15,17H,6-7,13H2,1-3H3,(H,29,33). The van der Waals surface area contributed by atoms with E-state index in [9.17, 15) is 13.2 Å². The molecule has 0 unspecified atom stereocenters. The molecule has 184 valence electrons. The Morgan fingerprint density at radius 1 is 1.03 bits per heavy atom. The fraction of sp³-hybridized carbons (Fsp3) is 0.269. The summed E-state index contributed by atoms with van der Waals surface area (Å²) in [5.41, 5.74) is 4.67. The highest BCUT2D eigenvalue weighted by atomic mass is 32.2. The number of sulfonamides is 1. The molecule has 9 nitrogen and oxygen atoms in total. The van der Waals surface area contributed by atoms with E-state index in [1.807, 2.05) is 24.4 Å². The van der Waals surface area contributed by atoms with E-state index in [0.717, 1.165) is 45.1 Å². The van der Waals surface area contributed by atoms with Crippen molar-refractivity contribution in [1.29, 1.82) is 0 Å². The fourth-order valence-corrected chi connectivity index (χ4v) is 5.01. The second kappa shape index (κ2) is 9.36. The first kappa shape index (κ1) is 24.0. The first-order chi connectivity index (χ1) is 17.2. The van der Waals surface area contributed by atoms with Crippen LogP contribution < -0.4 is 5.32 Å². The lowest BCUT2D eigenvalue weighted by Crippen LogP contribution is -2.26. The van der Waals surface area contributed by atoms with Crippen LogP contribution >= 0.6 is 0 Å². The van der Waals surface area contributed by atoms with Crippen molar-refractivity contribution in [1.82, 2.24) is 29.6 Å². The highest BCUT2D eigenvalue weighted by Gasteiger charge is 2.25. The Kier molecular flexibility index (Phi) is 6.23. The Morgan fingerprint density at radius 2 is 1.83 bits per heavy atom. The van der Waals surface area contributed by atoms with E-state index in [0.29, 0.717) is 17.2 Å². The van der Waals surface area contributed by atoms with E-state index in [4.69, 9.17) is 9.97 Å². The normalized spacial score (nSPS) is 13.8. The summed E-state index contributed by atoms with van der Waals surface area (Å²) in [7, 11) is -0.741. The molecule has 1 saturated carbocycles. The molecule has 1 fully saturated rings. The number of amides is 1. The van der Waals surface area contributed by atoms with Gasteiger partial charge >= 0.3 is 0 Å². The summed E-state index contributed by atoms with van der Waals surface area (Å²) in [6.45, 7) is 1.87. The predicted octanol–water partition coefficient (Wildman–Crippen LogP) is 3.45. The largest absolute Gasteiger partial charge is 0.346 e. The summed E-state index contributed by atoms with van der Waals surface area (Å²) in [4.78, 5) is 31.1. The Hall–Kier alpha value is -3.76. The highest BCUT2D eigenvalue weighted by molar-refractivity contribution is 7.89. The SMILES string of the molecule is Cc1ccc(C(=O)NCc2cc3nc(-c4cncc(C5CC5)n4)ccc3cn2)cc1S(=O)(=O)N(C)C. The molecule has 1 amide bonds. The number of aryl methyl sites for hydroxylation is 1. The van der Waals surface area contributed by atoms with Gasteiger partial charge in [0.2, 0.25) is 10.0 Å². The first-order valence-electron chi connectivity index (χ1n) is 11.6. The molecule has 4 aromatic rings. The third-order valence-corrected chi connectivity index (χ3v) is 8.14. The molecule has 10 heteroatoms. The Morgan fingerprint density at radius 3 is 2.58 bits per heavy atom. The van der Waals surface area contributed by atoms with Crippen LogP contribution in [0.1, 0.15) is 46.1 Å². The number of aromatic nitrogens is 4. The number of carbonyl (C=O) groups excluding carboxylic acids is 1. The van der Waals surface area contributed by atoms with Crippen molar-refractivity contribution in [3.8, 4) is 11.4 Å². The second-order valence-electron chi connectivity index (χ2n) is 9.12. The van der Waals surface area contributed by atoms with Crippen LogP contribution in [-0.4, -0.2) is 52.7 Å². The number of rotatable bonds is 7. The van der Waals surface area contributed by atoms with Crippen molar-refractivity contribution in [3.05, 3.63) is 77.5 Å². The molecule has 0 bridgehead atoms. The maximum absolute atomic E-state index is 12.8. The topological polar surface area (TPSA) is 118 Å². The number of hydrogen-bond acceptors (Lipinski definition) is 7. The van der Waals surface area contributed by atoms with Crippen molar-refractivity contribution >= 4 is 26.8 Å². The summed E-state index contributed by atoms with van der Waals surface area (Å²) in [5.74, 6) is 0.117. The van der Waals surface area contributed by atoms with Gasteiger partial charge in [-0.3, -0.25) is 14.8 Å². The van der Waals surface area contributed by atoms with Gasteiger partial charge in [-0.25, -0.2) is 22.7 Å². The number of fused-ring (bicyclic) bond motifs is 1. The lowest BCUT2D eigenvalue weighted by molar-refractivity contribution is 0.0950. The van der Waals surface area contributed by atoms with E-state index < -0.39 is 10.0 Å². The average Bonchev–Trinajstić information content (AvgIpc) is 3.72. The highest BCUT2D eigenvalue weighted by Crippen LogP contribution is 2.39. The minimum absolute atomic E-state index is 0.106. The van der Waals surface area contributed by atoms with Gasteiger partial charge in [0.15, 0.2) is 0 Å². The summed E-state index contributed by atoms with van der Waals surface area (Å²) >= 11 is 0. The zero-order valence-electron chi connectivity index (χ0n) is 20.3. The Balaban J connectivity index is 1.35. The lowest BCUT2D eigenvalue weighted by atomic mass is 10.1. The molecular formula is C26H26N6O3S. The average molecular weight is 503 g/mol. The fourth-order valence-electron chi connectivity index (χ4n) is 3.87. The van der Waals surface area contributed by atoms with Gasteiger partial charge in [0, 0.05) is 43.4 Å². The van der Waals surface area contributed by atoms with Crippen molar-refractivity contribution in [2.75, 3.05) is 14.1 Å².